The van der Waals surface area contributed by atoms with Gasteiger partial charge in [-0.2, -0.15) is 0 Å². The second-order valence-electron chi connectivity index (χ2n) is 9.36. The van der Waals surface area contributed by atoms with Gasteiger partial charge in [0.1, 0.15) is 17.7 Å². The average molecular weight is 396 g/mol. The van der Waals surface area contributed by atoms with E-state index in [0.29, 0.717) is 11.4 Å². The van der Waals surface area contributed by atoms with Gasteiger partial charge >= 0.3 is 0 Å². The maximum absolute atomic E-state index is 6.05. The summed E-state index contributed by atoms with van der Waals surface area (Å²) in [5.74, 6) is 1.68. The number of anilines is 1. The summed E-state index contributed by atoms with van der Waals surface area (Å²) in [5, 5.41) is 0. The molecule has 1 atom stereocenters. The molecule has 0 aromatic carbocycles. The fourth-order valence-electron chi connectivity index (χ4n) is 5.96. The average Bonchev–Trinajstić information content (AvgIpc) is 3.33. The van der Waals surface area contributed by atoms with Crippen molar-refractivity contribution in [2.24, 2.45) is 0 Å². The summed E-state index contributed by atoms with van der Waals surface area (Å²) in [6.07, 6.45) is 10.0. The van der Waals surface area contributed by atoms with E-state index < -0.39 is 0 Å². The highest BCUT2D eigenvalue weighted by Crippen LogP contribution is 2.68. The lowest BCUT2D eigenvalue weighted by atomic mass is 9.43. The van der Waals surface area contributed by atoms with Gasteiger partial charge in [0.2, 0.25) is 0 Å². The van der Waals surface area contributed by atoms with Gasteiger partial charge < -0.3 is 19.8 Å². The molecule has 2 aromatic heterocycles. The Labute approximate surface area is 171 Å². The Hall–Kier alpha value is -1.96. The molecule has 7 heteroatoms. The minimum atomic E-state index is 0.111. The van der Waals surface area contributed by atoms with Crippen LogP contribution in [0.4, 0.5) is 5.82 Å². The van der Waals surface area contributed by atoms with E-state index in [1.807, 2.05) is 13.1 Å². The molecule has 0 spiro atoms. The summed E-state index contributed by atoms with van der Waals surface area (Å²) in [4.78, 5) is 12.1. The lowest BCUT2D eigenvalue weighted by molar-refractivity contribution is -0.222. The normalized spacial score (nSPS) is 34.0. The molecule has 3 saturated carbocycles. The summed E-state index contributed by atoms with van der Waals surface area (Å²) >= 11 is 0. The first-order chi connectivity index (χ1) is 14.1. The Bertz CT molecular complexity index is 923. The maximum Gasteiger partial charge on any atom is 0.139 e. The van der Waals surface area contributed by atoms with Gasteiger partial charge in [-0.05, 0) is 50.7 Å². The minimum Gasteiger partial charge on any atom is -0.383 e. The van der Waals surface area contributed by atoms with Crippen molar-refractivity contribution in [1.29, 1.82) is 0 Å². The second-order valence-corrected chi connectivity index (χ2v) is 9.36. The third-order valence-electron chi connectivity index (χ3n) is 7.53. The number of nitrogens with zero attached hydrogens (tertiary/aromatic N) is 4. The summed E-state index contributed by atoms with van der Waals surface area (Å²) < 4.78 is 14.1. The van der Waals surface area contributed by atoms with Crippen molar-refractivity contribution < 1.29 is 9.47 Å². The quantitative estimate of drug-likeness (QED) is 0.858. The van der Waals surface area contributed by atoms with Crippen LogP contribution in [0.25, 0.3) is 11.3 Å². The van der Waals surface area contributed by atoms with Crippen LogP contribution >= 0.6 is 0 Å². The summed E-state index contributed by atoms with van der Waals surface area (Å²) in [7, 11) is 0. The Morgan fingerprint density at radius 3 is 2.62 bits per heavy atom. The maximum atomic E-state index is 6.05. The molecule has 5 aliphatic rings. The van der Waals surface area contributed by atoms with Crippen LogP contribution in [0.1, 0.15) is 49.6 Å². The number of nitrogen functional groups attached to an aromatic ring is 1. The third-order valence-corrected chi connectivity index (χ3v) is 7.53. The predicted octanol–water partition coefficient (Wildman–Crippen LogP) is 2.65. The molecule has 154 valence electrons. The number of rotatable bonds is 4. The van der Waals surface area contributed by atoms with Crippen molar-refractivity contribution in [2.45, 2.75) is 56.2 Å². The fraction of sp³-hybridized carbons (Fsp3) is 0.636. The van der Waals surface area contributed by atoms with E-state index in [-0.39, 0.29) is 11.6 Å². The number of ether oxygens (including phenoxy) is 2. The molecule has 2 aliphatic heterocycles. The van der Waals surface area contributed by atoms with E-state index in [2.05, 4.69) is 26.7 Å². The van der Waals surface area contributed by atoms with Gasteiger partial charge in [0, 0.05) is 43.2 Å². The Morgan fingerprint density at radius 1 is 1.14 bits per heavy atom. The summed E-state index contributed by atoms with van der Waals surface area (Å²) in [5.41, 5.74) is 9.53. The smallest absolute Gasteiger partial charge is 0.139 e. The van der Waals surface area contributed by atoms with Crippen LogP contribution in [0.15, 0.2) is 18.5 Å². The van der Waals surface area contributed by atoms with Crippen molar-refractivity contribution >= 4 is 5.82 Å². The van der Waals surface area contributed by atoms with Crippen LogP contribution in [-0.2, 0) is 15.0 Å². The lowest BCUT2D eigenvalue weighted by Crippen LogP contribution is -2.79. The van der Waals surface area contributed by atoms with Crippen LogP contribution in [0.3, 0.4) is 0 Å². The van der Waals surface area contributed by atoms with Crippen molar-refractivity contribution in [3.63, 3.8) is 0 Å². The van der Waals surface area contributed by atoms with Gasteiger partial charge in [0.05, 0.1) is 24.4 Å². The number of pyridine rings is 1. The second kappa shape index (κ2) is 6.27. The molecule has 29 heavy (non-hydrogen) atoms. The highest BCUT2D eigenvalue weighted by molar-refractivity contribution is 5.61. The predicted molar refractivity (Wildman–Crippen MR) is 109 cm³/mol. The zero-order valence-electron chi connectivity index (χ0n) is 17.1. The lowest BCUT2D eigenvalue weighted by Gasteiger charge is -2.74. The van der Waals surface area contributed by atoms with Crippen LogP contribution < -0.4 is 5.73 Å². The SMILES string of the molecule is Cc1cc(-c2cn(C34CC(N5CCOCC5)(C3)C4)c(C3CCCO3)n2)cnc1N. The van der Waals surface area contributed by atoms with E-state index >= 15 is 0 Å². The standard InChI is InChI=1S/C22H29N5O2/c1-15-9-16(10-24-19(15)23)17-11-27(20(25-17)18-3-2-6-29-18)22-12-21(13-22,14-22)26-4-7-28-8-5-26/h9-11,18H,2-8,12-14H2,1H3,(H2,23,24). The van der Waals surface area contributed by atoms with Gasteiger partial charge in [-0.3, -0.25) is 4.90 Å². The molecule has 5 fully saturated rings. The Morgan fingerprint density at radius 2 is 1.93 bits per heavy atom. The first-order valence-electron chi connectivity index (χ1n) is 10.9. The zero-order chi connectivity index (χ0) is 19.6. The molecule has 2 bridgehead atoms. The van der Waals surface area contributed by atoms with Gasteiger partial charge in [-0.1, -0.05) is 0 Å². The van der Waals surface area contributed by atoms with Crippen molar-refractivity contribution in [3.05, 3.63) is 29.8 Å². The first kappa shape index (κ1) is 17.9. The minimum absolute atomic E-state index is 0.111. The largest absolute Gasteiger partial charge is 0.383 e. The fourth-order valence-corrected chi connectivity index (χ4v) is 5.96. The monoisotopic (exact) mass is 395 g/mol. The van der Waals surface area contributed by atoms with Crippen molar-refractivity contribution in [2.75, 3.05) is 38.6 Å². The van der Waals surface area contributed by atoms with Crippen molar-refractivity contribution in [1.82, 2.24) is 19.4 Å². The highest BCUT2D eigenvalue weighted by atomic mass is 16.5. The molecule has 0 amide bonds. The molecule has 7 rings (SSSR count). The number of hydrogen-bond acceptors (Lipinski definition) is 6. The van der Waals surface area contributed by atoms with Gasteiger partial charge in [-0.15, -0.1) is 0 Å². The van der Waals surface area contributed by atoms with E-state index in [4.69, 9.17) is 20.2 Å². The molecule has 2 aromatic rings. The van der Waals surface area contributed by atoms with Crippen molar-refractivity contribution in [3.8, 4) is 11.3 Å². The van der Waals surface area contributed by atoms with E-state index in [9.17, 15) is 0 Å². The highest BCUT2D eigenvalue weighted by Gasteiger charge is 2.71. The molecular weight excluding hydrogens is 366 g/mol. The van der Waals surface area contributed by atoms with Crippen LogP contribution in [0, 0.1) is 6.92 Å². The first-order valence-corrected chi connectivity index (χ1v) is 10.9. The van der Waals surface area contributed by atoms with Crippen LogP contribution in [0.5, 0.6) is 0 Å². The summed E-state index contributed by atoms with van der Waals surface area (Å²) in [6, 6.07) is 2.09. The molecule has 2 N–H and O–H groups in total. The number of aromatic nitrogens is 3. The Balaban J connectivity index is 1.32. The molecule has 3 aliphatic carbocycles. The van der Waals surface area contributed by atoms with Gasteiger partial charge in [-0.25, -0.2) is 9.97 Å². The topological polar surface area (TPSA) is 78.4 Å². The third kappa shape index (κ3) is 2.60. The number of hydrogen-bond donors (Lipinski definition) is 1. The van der Waals surface area contributed by atoms with Gasteiger partial charge in [0.15, 0.2) is 0 Å². The van der Waals surface area contributed by atoms with E-state index in [1.165, 1.54) is 19.3 Å². The van der Waals surface area contributed by atoms with E-state index in [0.717, 1.165) is 68.4 Å². The number of aryl methyl sites for hydroxylation is 1. The van der Waals surface area contributed by atoms with Crippen LogP contribution in [0.2, 0.25) is 0 Å². The molecule has 0 radical (unpaired) electrons. The number of imidazole rings is 1. The van der Waals surface area contributed by atoms with Gasteiger partial charge in [0.25, 0.3) is 0 Å². The van der Waals surface area contributed by atoms with Crippen LogP contribution in [-0.4, -0.2) is 57.9 Å². The number of nitrogens with two attached hydrogens (primary N) is 1. The number of morpholine rings is 1. The molecule has 7 nitrogen and oxygen atoms in total. The molecule has 1 unspecified atom stereocenters. The molecule has 2 saturated heterocycles. The molecule has 4 heterocycles. The van der Waals surface area contributed by atoms with E-state index in [1.54, 1.807) is 0 Å². The summed E-state index contributed by atoms with van der Waals surface area (Å²) in [6.45, 7) is 6.71. The zero-order valence-corrected chi connectivity index (χ0v) is 17.1. The molecular formula is C22H29N5O2. The Kier molecular flexibility index (Phi) is 3.86.